The van der Waals surface area contributed by atoms with Gasteiger partial charge in [0.05, 0.1) is 0 Å². The summed E-state index contributed by atoms with van der Waals surface area (Å²) in [4.78, 5) is 36.5. The molecule has 0 radical (unpaired) electrons. The zero-order valence-electron chi connectivity index (χ0n) is 28.3. The molecule has 0 aliphatic carbocycles. The molecular formula is C35H53N7O4. The molecule has 2 aliphatic rings. The summed E-state index contributed by atoms with van der Waals surface area (Å²) in [6.45, 7) is 21.0. The average Bonchev–Trinajstić information content (AvgIpc) is 3.05. The van der Waals surface area contributed by atoms with Crippen LogP contribution in [0, 0.1) is 0 Å². The molecule has 0 saturated carbocycles. The van der Waals surface area contributed by atoms with Crippen molar-refractivity contribution in [2.24, 2.45) is 4.99 Å². The first-order chi connectivity index (χ1) is 22.1. The Kier molecular flexibility index (Phi) is 13.4. The van der Waals surface area contributed by atoms with Crippen molar-refractivity contribution in [1.82, 2.24) is 25.3 Å². The molecule has 2 atom stereocenters. The maximum atomic E-state index is 12.4. The lowest BCUT2D eigenvalue weighted by atomic mass is 9.98. The first-order valence-electron chi connectivity index (χ1n) is 16.6. The molecule has 3 N–H and O–H groups in total. The van der Waals surface area contributed by atoms with Crippen molar-refractivity contribution in [3.8, 4) is 5.75 Å². The minimum atomic E-state index is -0.588. The third-order valence-electron chi connectivity index (χ3n) is 8.29. The molecule has 11 nitrogen and oxygen atoms in total. The second-order valence-corrected chi connectivity index (χ2v) is 12.8. The summed E-state index contributed by atoms with van der Waals surface area (Å²) in [5.74, 6) is 0.170. The van der Waals surface area contributed by atoms with Crippen molar-refractivity contribution >= 4 is 23.8 Å². The highest BCUT2D eigenvalue weighted by molar-refractivity contribution is 5.96. The number of anilines is 1. The minimum Gasteiger partial charge on any atom is -0.492 e. The van der Waals surface area contributed by atoms with Gasteiger partial charge in [0.25, 0.3) is 5.91 Å². The van der Waals surface area contributed by atoms with E-state index in [0.717, 1.165) is 75.9 Å². The van der Waals surface area contributed by atoms with Gasteiger partial charge >= 0.3 is 5.97 Å². The molecule has 4 rings (SSSR count). The Labute approximate surface area is 274 Å². The molecular weight excluding hydrogens is 582 g/mol. The zero-order chi connectivity index (χ0) is 32.9. The zero-order valence-corrected chi connectivity index (χ0v) is 28.3. The van der Waals surface area contributed by atoms with Crippen LogP contribution in [-0.4, -0.2) is 123 Å². The van der Waals surface area contributed by atoms with Crippen LogP contribution in [0.1, 0.15) is 56.5 Å². The van der Waals surface area contributed by atoms with Gasteiger partial charge in [-0.2, -0.15) is 0 Å². The van der Waals surface area contributed by atoms with Gasteiger partial charge in [0.1, 0.15) is 24.5 Å². The number of rotatable bonds is 15. The molecule has 11 heteroatoms. The van der Waals surface area contributed by atoms with E-state index in [2.05, 4.69) is 49.5 Å². The van der Waals surface area contributed by atoms with Crippen LogP contribution in [0.3, 0.4) is 0 Å². The highest BCUT2D eigenvalue weighted by atomic mass is 16.6. The van der Waals surface area contributed by atoms with E-state index >= 15 is 0 Å². The van der Waals surface area contributed by atoms with E-state index in [1.165, 1.54) is 0 Å². The van der Waals surface area contributed by atoms with Gasteiger partial charge in [-0.15, -0.1) is 0 Å². The Morgan fingerprint density at radius 1 is 0.957 bits per heavy atom. The Hall–Kier alpha value is -3.51. The Morgan fingerprint density at radius 3 is 2.20 bits per heavy atom. The largest absolute Gasteiger partial charge is 0.492 e. The van der Waals surface area contributed by atoms with Crippen LogP contribution in [0.25, 0.3) is 0 Å². The molecule has 252 valence electrons. The number of amides is 1. The van der Waals surface area contributed by atoms with Gasteiger partial charge in [0.15, 0.2) is 6.29 Å². The summed E-state index contributed by atoms with van der Waals surface area (Å²) >= 11 is 0. The number of benzene rings is 2. The molecule has 0 aromatic heterocycles. The number of ether oxygens (including phenoxy) is 2. The van der Waals surface area contributed by atoms with Crippen LogP contribution >= 0.6 is 0 Å². The Bertz CT molecular complexity index is 1250. The molecule has 1 saturated heterocycles. The first-order valence-corrected chi connectivity index (χ1v) is 16.6. The second-order valence-electron chi connectivity index (χ2n) is 12.8. The fourth-order valence-corrected chi connectivity index (χ4v) is 5.50. The van der Waals surface area contributed by atoms with Crippen LogP contribution in [0.4, 0.5) is 5.69 Å². The lowest BCUT2D eigenvalue weighted by Crippen LogP contribution is -2.49. The molecule has 2 aromatic carbocycles. The predicted octanol–water partition coefficient (Wildman–Crippen LogP) is 3.25. The van der Waals surface area contributed by atoms with E-state index in [1.54, 1.807) is 32.9 Å². The normalized spacial score (nSPS) is 19.2. The molecule has 2 aliphatic heterocycles. The molecule has 2 heterocycles. The number of hydrogen-bond donors (Lipinski definition) is 3. The number of carbonyl (C=O) groups is 2. The van der Waals surface area contributed by atoms with E-state index in [9.17, 15) is 9.59 Å². The molecule has 0 spiro atoms. The van der Waals surface area contributed by atoms with Crippen LogP contribution in [0.5, 0.6) is 5.75 Å². The molecule has 0 bridgehead atoms. The van der Waals surface area contributed by atoms with E-state index in [-0.39, 0.29) is 24.7 Å². The Balaban J connectivity index is 1.13. The fraction of sp³-hybridized carbons (Fsp3) is 0.571. The van der Waals surface area contributed by atoms with Gasteiger partial charge in [0.2, 0.25) is 0 Å². The lowest BCUT2D eigenvalue weighted by Gasteiger charge is -2.35. The van der Waals surface area contributed by atoms with E-state index in [4.69, 9.17) is 9.47 Å². The highest BCUT2D eigenvalue weighted by Gasteiger charge is 2.20. The van der Waals surface area contributed by atoms with Crippen molar-refractivity contribution in [2.75, 3.05) is 83.9 Å². The van der Waals surface area contributed by atoms with Crippen LogP contribution in [0.2, 0.25) is 0 Å². The standard InChI is InChI=1S/C35H53N7O4/c1-6-40(7-2)16-17-41-18-20-42(21-19-41)22-23-45-31-14-12-30(13-15-31)39-34-37-24-29(25-38-34)27-8-10-28(11-9-27)33(44)36-26-32(43)46-35(3,4)5/h8-15,24,29,34,38-39H,6-7,16-23,25-26H2,1-5H3,(H,36,44). The number of piperazine rings is 1. The highest BCUT2D eigenvalue weighted by Crippen LogP contribution is 2.20. The van der Waals surface area contributed by atoms with Gasteiger partial charge in [-0.05, 0) is 75.8 Å². The summed E-state index contributed by atoms with van der Waals surface area (Å²) < 4.78 is 11.3. The van der Waals surface area contributed by atoms with Gasteiger partial charge in [-0.3, -0.25) is 29.7 Å². The smallest absolute Gasteiger partial charge is 0.325 e. The summed E-state index contributed by atoms with van der Waals surface area (Å²) in [6, 6.07) is 15.4. The van der Waals surface area contributed by atoms with Gasteiger partial charge in [-0.1, -0.05) is 26.0 Å². The monoisotopic (exact) mass is 635 g/mol. The molecule has 1 fully saturated rings. The topological polar surface area (TPSA) is 111 Å². The Morgan fingerprint density at radius 2 is 1.61 bits per heavy atom. The van der Waals surface area contributed by atoms with Crippen molar-refractivity contribution in [3.63, 3.8) is 0 Å². The number of aliphatic imine (C=N–C) groups is 1. The minimum absolute atomic E-state index is 0.0863. The van der Waals surface area contributed by atoms with Gasteiger partial charge in [0, 0.05) is 75.7 Å². The average molecular weight is 636 g/mol. The third kappa shape index (κ3) is 11.7. The summed E-state index contributed by atoms with van der Waals surface area (Å²) in [5, 5.41) is 9.45. The summed E-state index contributed by atoms with van der Waals surface area (Å²) in [5.41, 5.74) is 1.91. The summed E-state index contributed by atoms with van der Waals surface area (Å²) in [7, 11) is 0. The molecule has 46 heavy (non-hydrogen) atoms. The fourth-order valence-electron chi connectivity index (χ4n) is 5.50. The van der Waals surface area contributed by atoms with Crippen molar-refractivity contribution in [3.05, 3.63) is 59.7 Å². The van der Waals surface area contributed by atoms with Crippen LogP contribution < -0.4 is 20.7 Å². The number of esters is 1. The molecule has 2 unspecified atom stereocenters. The number of hydrogen-bond acceptors (Lipinski definition) is 10. The number of nitrogens with zero attached hydrogens (tertiary/aromatic N) is 4. The van der Waals surface area contributed by atoms with Gasteiger partial charge < -0.3 is 25.0 Å². The van der Waals surface area contributed by atoms with Crippen molar-refractivity contribution in [2.45, 2.75) is 52.4 Å². The SMILES string of the molecule is CCN(CC)CCN1CCN(CCOc2ccc(NC3N=CC(c4ccc(C(=O)NCC(=O)OC(C)(C)C)cc4)CN3)cc2)CC1. The van der Waals surface area contributed by atoms with Crippen molar-refractivity contribution < 1.29 is 19.1 Å². The van der Waals surface area contributed by atoms with Crippen LogP contribution in [0.15, 0.2) is 53.5 Å². The second kappa shape index (κ2) is 17.4. The number of likely N-dealkylation sites (N-methyl/N-ethyl adjacent to an activating group) is 1. The van der Waals surface area contributed by atoms with Crippen molar-refractivity contribution in [1.29, 1.82) is 0 Å². The number of carbonyl (C=O) groups excluding carboxylic acids is 2. The maximum absolute atomic E-state index is 12.4. The van der Waals surface area contributed by atoms with E-state index < -0.39 is 11.6 Å². The molecule has 1 amide bonds. The quantitative estimate of drug-likeness (QED) is 0.254. The van der Waals surface area contributed by atoms with Gasteiger partial charge in [-0.25, -0.2) is 0 Å². The van der Waals surface area contributed by atoms with E-state index in [1.807, 2.05) is 42.6 Å². The van der Waals surface area contributed by atoms with Crippen LogP contribution in [-0.2, 0) is 9.53 Å². The maximum Gasteiger partial charge on any atom is 0.325 e. The summed E-state index contributed by atoms with van der Waals surface area (Å²) in [6.07, 6.45) is 1.71. The molecule has 2 aromatic rings. The third-order valence-corrected chi connectivity index (χ3v) is 8.29. The predicted molar refractivity (Wildman–Crippen MR) is 184 cm³/mol. The lowest BCUT2D eigenvalue weighted by molar-refractivity contribution is -0.153. The first kappa shape index (κ1) is 35.3. The number of nitrogens with one attached hydrogen (secondary N) is 3. The van der Waals surface area contributed by atoms with E-state index in [0.29, 0.717) is 18.7 Å².